The van der Waals surface area contributed by atoms with Gasteiger partial charge in [-0.25, -0.2) is 4.98 Å². The molecule has 0 bridgehead atoms. The third-order valence-corrected chi connectivity index (χ3v) is 6.58. The van der Waals surface area contributed by atoms with E-state index < -0.39 is 0 Å². The molecule has 1 aliphatic heterocycles. The van der Waals surface area contributed by atoms with Crippen molar-refractivity contribution in [3.8, 4) is 0 Å². The zero-order valence-electron chi connectivity index (χ0n) is 18.9. The highest BCUT2D eigenvalue weighted by atomic mass is 16.2. The minimum absolute atomic E-state index is 0.0139. The van der Waals surface area contributed by atoms with Crippen LogP contribution < -0.4 is 5.32 Å². The molecule has 0 spiro atoms. The van der Waals surface area contributed by atoms with Crippen molar-refractivity contribution in [2.24, 2.45) is 5.92 Å². The fourth-order valence-electron chi connectivity index (χ4n) is 4.85. The zero-order valence-corrected chi connectivity index (χ0v) is 18.9. The minimum atomic E-state index is -0.0139. The first-order chi connectivity index (χ1) is 16.1. The lowest BCUT2D eigenvalue weighted by Crippen LogP contribution is -2.42. The van der Waals surface area contributed by atoms with E-state index in [9.17, 15) is 9.59 Å². The summed E-state index contributed by atoms with van der Waals surface area (Å²) >= 11 is 0. The van der Waals surface area contributed by atoms with Gasteiger partial charge in [0.05, 0.1) is 17.4 Å². The van der Waals surface area contributed by atoms with Gasteiger partial charge in [0, 0.05) is 43.5 Å². The monoisotopic (exact) mass is 443 g/mol. The Hall–Kier alpha value is -3.61. The van der Waals surface area contributed by atoms with E-state index >= 15 is 0 Å². The molecule has 2 aromatic heterocycles. The average molecular weight is 444 g/mol. The van der Waals surface area contributed by atoms with E-state index in [-0.39, 0.29) is 17.7 Å². The maximum atomic E-state index is 13.0. The van der Waals surface area contributed by atoms with E-state index in [1.807, 2.05) is 64.5 Å². The molecule has 1 saturated heterocycles. The molecule has 170 valence electrons. The van der Waals surface area contributed by atoms with Crippen LogP contribution >= 0.6 is 0 Å². The van der Waals surface area contributed by atoms with Crippen LogP contribution in [0.4, 0.5) is 5.69 Å². The number of nitrogens with zero attached hydrogens (tertiary/aromatic N) is 4. The molecule has 0 radical (unpaired) electrons. The van der Waals surface area contributed by atoms with Crippen molar-refractivity contribution in [2.75, 3.05) is 18.4 Å². The van der Waals surface area contributed by atoms with Crippen LogP contribution in [-0.4, -0.2) is 43.9 Å². The van der Waals surface area contributed by atoms with Gasteiger partial charge in [-0.05, 0) is 61.4 Å². The molecule has 0 saturated carbocycles. The number of hydrogen-bond donors (Lipinski definition) is 1. The third-order valence-electron chi connectivity index (χ3n) is 6.58. The number of hydrogen-bond acceptors (Lipinski definition) is 3. The fourth-order valence-corrected chi connectivity index (χ4v) is 4.85. The minimum Gasteiger partial charge on any atom is -0.341 e. The molecule has 7 heteroatoms. The van der Waals surface area contributed by atoms with Gasteiger partial charge < -0.3 is 19.4 Å². The highest BCUT2D eigenvalue weighted by Gasteiger charge is 2.25. The van der Waals surface area contributed by atoms with Crippen LogP contribution in [0.15, 0.2) is 61.1 Å². The predicted octanol–water partition coefficient (Wildman–Crippen LogP) is 4.28. The number of carbonyl (C=O) groups is 2. The largest absolute Gasteiger partial charge is 0.341 e. The van der Waals surface area contributed by atoms with Crippen molar-refractivity contribution in [2.45, 2.75) is 39.3 Å². The van der Waals surface area contributed by atoms with Crippen LogP contribution in [-0.2, 0) is 22.7 Å². The number of aromatic nitrogens is 3. The standard InChI is InChI=1S/C26H29N5O2/c1-2-29-18-27-22-15-21(9-10-24(22)29)28-25(32)14-19-6-5-12-31(16-19)26(33)17-30-13-11-20-7-3-4-8-23(20)30/h3-4,7-11,13,15,18-19H,2,5-6,12,14,16-17H2,1H3,(H,28,32)/t19-/m1/s1. The number of nitrogens with one attached hydrogen (secondary N) is 1. The smallest absolute Gasteiger partial charge is 0.242 e. The summed E-state index contributed by atoms with van der Waals surface area (Å²) in [6.07, 6.45) is 6.09. The van der Waals surface area contributed by atoms with E-state index in [0.717, 1.165) is 53.6 Å². The molecule has 5 rings (SSSR count). The highest BCUT2D eigenvalue weighted by molar-refractivity contribution is 5.93. The Morgan fingerprint density at radius 1 is 1.09 bits per heavy atom. The first-order valence-corrected chi connectivity index (χ1v) is 11.7. The SMILES string of the molecule is CCn1cnc2cc(NC(=O)C[C@H]3CCCN(C(=O)Cn4ccc5ccccc54)C3)ccc21. The Labute approximate surface area is 193 Å². The molecule has 3 heterocycles. The molecular formula is C26H29N5O2. The average Bonchev–Trinajstić information content (AvgIpc) is 3.43. The second-order valence-electron chi connectivity index (χ2n) is 8.84. The van der Waals surface area contributed by atoms with Crippen molar-refractivity contribution >= 4 is 39.4 Å². The van der Waals surface area contributed by atoms with Gasteiger partial charge in [-0.3, -0.25) is 9.59 Å². The second-order valence-corrected chi connectivity index (χ2v) is 8.84. The lowest BCUT2D eigenvalue weighted by Gasteiger charge is -2.32. The Bertz CT molecular complexity index is 1300. The van der Waals surface area contributed by atoms with Gasteiger partial charge in [-0.1, -0.05) is 18.2 Å². The number of benzene rings is 2. The number of para-hydroxylation sites is 1. The summed E-state index contributed by atoms with van der Waals surface area (Å²) in [6, 6.07) is 16.0. The van der Waals surface area contributed by atoms with E-state index in [1.54, 1.807) is 0 Å². The molecule has 1 atom stereocenters. The molecule has 1 aliphatic rings. The molecule has 2 aromatic carbocycles. The van der Waals surface area contributed by atoms with Gasteiger partial charge in [0.1, 0.15) is 6.54 Å². The summed E-state index contributed by atoms with van der Waals surface area (Å²) in [5.74, 6) is 0.269. The molecule has 33 heavy (non-hydrogen) atoms. The van der Waals surface area contributed by atoms with Gasteiger partial charge in [-0.2, -0.15) is 0 Å². The van der Waals surface area contributed by atoms with Gasteiger partial charge in [-0.15, -0.1) is 0 Å². The molecular weight excluding hydrogens is 414 g/mol. The maximum Gasteiger partial charge on any atom is 0.242 e. The number of piperidine rings is 1. The van der Waals surface area contributed by atoms with Crippen molar-refractivity contribution in [1.82, 2.24) is 19.0 Å². The first kappa shape index (κ1) is 21.2. The van der Waals surface area contributed by atoms with Crippen LogP contribution in [0.25, 0.3) is 21.9 Å². The molecule has 2 amide bonds. The molecule has 0 aliphatic carbocycles. The Morgan fingerprint density at radius 3 is 2.85 bits per heavy atom. The molecule has 1 fully saturated rings. The van der Waals surface area contributed by atoms with Crippen LogP contribution in [0.1, 0.15) is 26.2 Å². The number of imidazole rings is 1. The summed E-state index contributed by atoms with van der Waals surface area (Å²) < 4.78 is 4.08. The van der Waals surface area contributed by atoms with E-state index in [2.05, 4.69) is 27.9 Å². The zero-order chi connectivity index (χ0) is 22.8. The number of fused-ring (bicyclic) bond motifs is 2. The maximum absolute atomic E-state index is 13.0. The van der Waals surface area contributed by atoms with Gasteiger partial charge >= 0.3 is 0 Å². The van der Waals surface area contributed by atoms with Crippen molar-refractivity contribution in [1.29, 1.82) is 0 Å². The van der Waals surface area contributed by atoms with Crippen molar-refractivity contribution < 1.29 is 9.59 Å². The van der Waals surface area contributed by atoms with Gasteiger partial charge in [0.25, 0.3) is 0 Å². The van der Waals surface area contributed by atoms with E-state index in [0.29, 0.717) is 19.5 Å². The topological polar surface area (TPSA) is 72.2 Å². The first-order valence-electron chi connectivity index (χ1n) is 11.7. The number of anilines is 1. The summed E-state index contributed by atoms with van der Waals surface area (Å²) in [6.45, 7) is 4.66. The Balaban J connectivity index is 1.18. The lowest BCUT2D eigenvalue weighted by atomic mass is 9.94. The molecule has 7 nitrogen and oxygen atoms in total. The van der Waals surface area contributed by atoms with Crippen LogP contribution in [0.3, 0.4) is 0 Å². The summed E-state index contributed by atoms with van der Waals surface area (Å²) in [5, 5.41) is 4.15. The quantitative estimate of drug-likeness (QED) is 0.484. The van der Waals surface area contributed by atoms with E-state index in [4.69, 9.17) is 0 Å². The number of aryl methyl sites for hydroxylation is 1. The van der Waals surface area contributed by atoms with Crippen molar-refractivity contribution in [3.63, 3.8) is 0 Å². The Morgan fingerprint density at radius 2 is 1.97 bits per heavy atom. The lowest BCUT2D eigenvalue weighted by molar-refractivity contribution is -0.134. The Kier molecular flexibility index (Phi) is 5.86. The second kappa shape index (κ2) is 9.10. The number of likely N-dealkylation sites (tertiary alicyclic amines) is 1. The summed E-state index contributed by atoms with van der Waals surface area (Å²) in [5.41, 5.74) is 3.77. The normalized spacial score (nSPS) is 16.4. The number of amides is 2. The summed E-state index contributed by atoms with van der Waals surface area (Å²) in [4.78, 5) is 32.0. The van der Waals surface area contributed by atoms with Crippen LogP contribution in [0.2, 0.25) is 0 Å². The number of rotatable bonds is 6. The van der Waals surface area contributed by atoms with Gasteiger partial charge in [0.15, 0.2) is 0 Å². The fraction of sp³-hybridized carbons (Fsp3) is 0.346. The van der Waals surface area contributed by atoms with E-state index in [1.165, 1.54) is 0 Å². The highest BCUT2D eigenvalue weighted by Crippen LogP contribution is 2.23. The number of carbonyl (C=O) groups excluding carboxylic acids is 2. The predicted molar refractivity (Wildman–Crippen MR) is 130 cm³/mol. The summed E-state index contributed by atoms with van der Waals surface area (Å²) in [7, 11) is 0. The van der Waals surface area contributed by atoms with Crippen molar-refractivity contribution in [3.05, 3.63) is 61.1 Å². The van der Waals surface area contributed by atoms with Crippen LogP contribution in [0, 0.1) is 5.92 Å². The van der Waals surface area contributed by atoms with Crippen LogP contribution in [0.5, 0.6) is 0 Å². The third kappa shape index (κ3) is 4.49. The molecule has 0 unspecified atom stereocenters. The molecule has 4 aromatic rings. The van der Waals surface area contributed by atoms with Gasteiger partial charge in [0.2, 0.25) is 11.8 Å². The molecule has 1 N–H and O–H groups in total.